The van der Waals surface area contributed by atoms with Gasteiger partial charge in [0.1, 0.15) is 17.1 Å². The molecular formula is C14H11FN2O4. The second-order valence-corrected chi connectivity index (χ2v) is 4.27. The summed E-state index contributed by atoms with van der Waals surface area (Å²) in [6.07, 6.45) is 0. The van der Waals surface area contributed by atoms with Crippen LogP contribution in [-0.4, -0.2) is 23.0 Å². The highest BCUT2D eigenvalue weighted by molar-refractivity contribution is 5.96. The number of halogens is 1. The molecule has 0 aromatic heterocycles. The van der Waals surface area contributed by atoms with Gasteiger partial charge < -0.3 is 10.0 Å². The first kappa shape index (κ1) is 14.4. The maximum absolute atomic E-state index is 13.3. The largest absolute Gasteiger partial charge is 0.477 e. The summed E-state index contributed by atoms with van der Waals surface area (Å²) >= 11 is 0. The summed E-state index contributed by atoms with van der Waals surface area (Å²) in [5.74, 6) is -1.88. The number of nitro benzene ring substituents is 1. The Kier molecular flexibility index (Phi) is 3.84. The summed E-state index contributed by atoms with van der Waals surface area (Å²) < 4.78 is 13.3. The number of nitrogens with zero attached hydrogens (tertiary/aromatic N) is 2. The fourth-order valence-electron chi connectivity index (χ4n) is 1.99. The second kappa shape index (κ2) is 5.58. The number of carboxylic acids is 1. The van der Waals surface area contributed by atoms with Gasteiger partial charge in [0.15, 0.2) is 0 Å². The van der Waals surface area contributed by atoms with Crippen molar-refractivity contribution in [2.24, 2.45) is 0 Å². The molecule has 0 aliphatic heterocycles. The minimum absolute atomic E-state index is 0.0745. The molecule has 0 atom stereocenters. The maximum Gasteiger partial charge on any atom is 0.342 e. The Balaban J connectivity index is 2.60. The van der Waals surface area contributed by atoms with Gasteiger partial charge >= 0.3 is 11.7 Å². The van der Waals surface area contributed by atoms with Gasteiger partial charge in [-0.2, -0.15) is 0 Å². The van der Waals surface area contributed by atoms with Crippen LogP contribution in [0, 0.1) is 15.9 Å². The van der Waals surface area contributed by atoms with E-state index in [4.69, 9.17) is 5.11 Å². The molecule has 0 unspecified atom stereocenters. The predicted octanol–water partition coefficient (Wildman–Crippen LogP) is 3.20. The SMILES string of the molecule is CN(c1cccc(F)c1)c1cccc(C(=O)O)c1[N+](=O)[O-]. The van der Waals surface area contributed by atoms with E-state index in [-0.39, 0.29) is 5.69 Å². The summed E-state index contributed by atoms with van der Waals surface area (Å²) in [6.45, 7) is 0. The summed E-state index contributed by atoms with van der Waals surface area (Å²) in [5, 5.41) is 20.2. The standard InChI is InChI=1S/C14H11FN2O4/c1-16(10-5-2-4-9(15)8-10)12-7-3-6-11(14(18)19)13(12)17(20)21/h2-8H,1H3,(H,18,19). The summed E-state index contributed by atoms with van der Waals surface area (Å²) in [6, 6.07) is 9.46. The minimum Gasteiger partial charge on any atom is -0.477 e. The van der Waals surface area contributed by atoms with Gasteiger partial charge in [-0.3, -0.25) is 10.1 Å². The van der Waals surface area contributed by atoms with Gasteiger partial charge in [-0.25, -0.2) is 9.18 Å². The van der Waals surface area contributed by atoms with Crippen LogP contribution < -0.4 is 4.90 Å². The second-order valence-electron chi connectivity index (χ2n) is 4.27. The zero-order valence-corrected chi connectivity index (χ0v) is 11.0. The third-order valence-electron chi connectivity index (χ3n) is 2.98. The predicted molar refractivity (Wildman–Crippen MR) is 74.5 cm³/mol. The molecule has 0 radical (unpaired) electrons. The summed E-state index contributed by atoms with van der Waals surface area (Å²) in [4.78, 5) is 22.9. The Bertz CT molecular complexity index is 718. The Labute approximate surface area is 119 Å². The third kappa shape index (κ3) is 2.81. The van der Waals surface area contributed by atoms with E-state index in [1.807, 2.05) is 0 Å². The van der Waals surface area contributed by atoms with Crippen molar-refractivity contribution in [1.29, 1.82) is 0 Å². The highest BCUT2D eigenvalue weighted by atomic mass is 19.1. The van der Waals surface area contributed by atoms with Gasteiger partial charge in [-0.15, -0.1) is 0 Å². The van der Waals surface area contributed by atoms with Crippen LogP contribution in [0.4, 0.5) is 21.5 Å². The molecular weight excluding hydrogens is 279 g/mol. The first-order chi connectivity index (χ1) is 9.91. The van der Waals surface area contributed by atoms with E-state index in [9.17, 15) is 19.3 Å². The summed E-state index contributed by atoms with van der Waals surface area (Å²) in [7, 11) is 1.50. The average molecular weight is 290 g/mol. The number of rotatable bonds is 4. The lowest BCUT2D eigenvalue weighted by Crippen LogP contribution is -2.14. The van der Waals surface area contributed by atoms with Gasteiger partial charge in [0, 0.05) is 12.7 Å². The zero-order valence-electron chi connectivity index (χ0n) is 11.0. The van der Waals surface area contributed by atoms with Crippen LogP contribution in [-0.2, 0) is 0 Å². The molecule has 2 aromatic carbocycles. The number of aromatic carboxylic acids is 1. The fraction of sp³-hybridized carbons (Fsp3) is 0.0714. The molecule has 1 N–H and O–H groups in total. The minimum atomic E-state index is -1.39. The molecule has 0 fully saturated rings. The lowest BCUT2D eigenvalue weighted by atomic mass is 10.1. The van der Waals surface area contributed by atoms with Crippen molar-refractivity contribution < 1.29 is 19.2 Å². The molecule has 0 spiro atoms. The number of anilines is 2. The van der Waals surface area contributed by atoms with E-state index in [2.05, 4.69) is 0 Å². The van der Waals surface area contributed by atoms with Crippen LogP contribution in [0.25, 0.3) is 0 Å². The van der Waals surface area contributed by atoms with Crippen LogP contribution in [0.1, 0.15) is 10.4 Å². The topological polar surface area (TPSA) is 83.7 Å². The van der Waals surface area contributed by atoms with Crippen LogP contribution >= 0.6 is 0 Å². The number of benzene rings is 2. The van der Waals surface area contributed by atoms with Crippen molar-refractivity contribution in [3.05, 3.63) is 64.0 Å². The smallest absolute Gasteiger partial charge is 0.342 e. The van der Waals surface area contributed by atoms with E-state index < -0.39 is 28.0 Å². The first-order valence-corrected chi connectivity index (χ1v) is 5.92. The Hall–Kier alpha value is -2.96. The van der Waals surface area contributed by atoms with E-state index in [1.54, 1.807) is 6.07 Å². The van der Waals surface area contributed by atoms with E-state index >= 15 is 0 Å². The van der Waals surface area contributed by atoms with Crippen molar-refractivity contribution in [2.45, 2.75) is 0 Å². The molecule has 0 aliphatic carbocycles. The van der Waals surface area contributed by atoms with E-state index in [0.717, 1.165) is 6.07 Å². The quantitative estimate of drug-likeness (QED) is 0.690. The normalized spacial score (nSPS) is 10.2. The van der Waals surface area contributed by atoms with Crippen LogP contribution in [0.5, 0.6) is 0 Å². The Morgan fingerprint density at radius 1 is 1.29 bits per heavy atom. The molecule has 0 amide bonds. The molecule has 7 heteroatoms. The molecule has 2 aromatic rings. The van der Waals surface area contributed by atoms with Crippen molar-refractivity contribution >= 4 is 23.0 Å². The maximum atomic E-state index is 13.3. The average Bonchev–Trinajstić information content (AvgIpc) is 2.45. The number of carbonyl (C=O) groups is 1. The summed E-state index contributed by atoms with van der Waals surface area (Å²) in [5.41, 5.74) is -0.497. The molecule has 0 saturated carbocycles. The van der Waals surface area contributed by atoms with Crippen molar-refractivity contribution in [3.63, 3.8) is 0 Å². The lowest BCUT2D eigenvalue weighted by Gasteiger charge is -2.19. The number of para-hydroxylation sites is 1. The molecule has 6 nitrogen and oxygen atoms in total. The molecule has 0 aliphatic rings. The van der Waals surface area contributed by atoms with Gasteiger partial charge in [-0.05, 0) is 30.3 Å². The van der Waals surface area contributed by atoms with Gasteiger partial charge in [0.25, 0.3) is 0 Å². The Morgan fingerprint density at radius 3 is 2.52 bits per heavy atom. The van der Waals surface area contributed by atoms with Crippen molar-refractivity contribution in [3.8, 4) is 0 Å². The third-order valence-corrected chi connectivity index (χ3v) is 2.98. The van der Waals surface area contributed by atoms with Gasteiger partial charge in [0.05, 0.1) is 4.92 Å². The first-order valence-electron chi connectivity index (χ1n) is 5.92. The number of hydrogen-bond acceptors (Lipinski definition) is 4. The lowest BCUT2D eigenvalue weighted by molar-refractivity contribution is -0.384. The van der Waals surface area contributed by atoms with Crippen LogP contribution in [0.3, 0.4) is 0 Å². The molecule has 21 heavy (non-hydrogen) atoms. The van der Waals surface area contributed by atoms with Gasteiger partial charge in [-0.1, -0.05) is 12.1 Å². The van der Waals surface area contributed by atoms with Crippen molar-refractivity contribution in [1.82, 2.24) is 0 Å². The number of nitro groups is 1. The molecule has 0 saturated heterocycles. The monoisotopic (exact) mass is 290 g/mol. The van der Waals surface area contributed by atoms with Crippen LogP contribution in [0.2, 0.25) is 0 Å². The highest BCUT2D eigenvalue weighted by Crippen LogP contribution is 2.35. The van der Waals surface area contributed by atoms with Crippen LogP contribution in [0.15, 0.2) is 42.5 Å². The molecule has 108 valence electrons. The molecule has 0 bridgehead atoms. The highest BCUT2D eigenvalue weighted by Gasteiger charge is 2.26. The van der Waals surface area contributed by atoms with Gasteiger partial charge in [0.2, 0.25) is 0 Å². The zero-order chi connectivity index (χ0) is 15.6. The number of carboxylic acid groups (broad SMARTS) is 1. The van der Waals surface area contributed by atoms with E-state index in [1.165, 1.54) is 42.3 Å². The number of hydrogen-bond donors (Lipinski definition) is 1. The van der Waals surface area contributed by atoms with E-state index in [0.29, 0.717) is 5.69 Å². The molecule has 0 heterocycles. The fourth-order valence-corrected chi connectivity index (χ4v) is 1.99. The molecule has 2 rings (SSSR count). The Morgan fingerprint density at radius 2 is 1.95 bits per heavy atom. The van der Waals surface area contributed by atoms with Crippen molar-refractivity contribution in [2.75, 3.05) is 11.9 Å².